The molecule has 2 rings (SSSR count). The van der Waals surface area contributed by atoms with Crippen molar-refractivity contribution in [3.63, 3.8) is 0 Å². The molecule has 0 bridgehead atoms. The highest BCUT2D eigenvalue weighted by molar-refractivity contribution is 5.95. The van der Waals surface area contributed by atoms with E-state index in [4.69, 9.17) is 9.47 Å². The second-order valence-electron chi connectivity index (χ2n) is 5.94. The van der Waals surface area contributed by atoms with Gasteiger partial charge in [-0.1, -0.05) is 44.2 Å². The third kappa shape index (κ3) is 3.93. The number of hydroxylamine groups is 1. The van der Waals surface area contributed by atoms with Gasteiger partial charge in [-0.05, 0) is 11.6 Å². The Kier molecular flexibility index (Phi) is 5.15. The fourth-order valence-electron chi connectivity index (χ4n) is 2.53. The lowest BCUT2D eigenvalue weighted by atomic mass is 9.88. The number of rotatable bonds is 6. The maximum atomic E-state index is 12.4. The van der Waals surface area contributed by atoms with Crippen molar-refractivity contribution < 1.29 is 14.2 Å². The topological polar surface area (TPSA) is 44.5 Å². The van der Waals surface area contributed by atoms with Gasteiger partial charge in [-0.15, -0.1) is 0 Å². The zero-order valence-corrected chi connectivity index (χ0v) is 12.9. The Labute approximate surface area is 126 Å². The van der Waals surface area contributed by atoms with Crippen LogP contribution in [0.1, 0.15) is 25.8 Å². The zero-order chi connectivity index (χ0) is 15.3. The summed E-state index contributed by atoms with van der Waals surface area (Å²) in [5, 5.41) is 12.4. The summed E-state index contributed by atoms with van der Waals surface area (Å²) in [4.78, 5) is 0. The predicted molar refractivity (Wildman–Crippen MR) is 84.1 cm³/mol. The van der Waals surface area contributed by atoms with Crippen LogP contribution in [0.4, 0.5) is 0 Å². The van der Waals surface area contributed by atoms with E-state index in [1.165, 1.54) is 0 Å². The highest BCUT2D eigenvalue weighted by atomic mass is 16.6. The average Bonchev–Trinajstić information content (AvgIpc) is 2.69. The van der Waals surface area contributed by atoms with Gasteiger partial charge in [-0.25, -0.2) is 0 Å². The van der Waals surface area contributed by atoms with E-state index in [1.807, 2.05) is 42.5 Å². The molecule has 21 heavy (non-hydrogen) atoms. The Morgan fingerprint density at radius 2 is 1.95 bits per heavy atom. The summed E-state index contributed by atoms with van der Waals surface area (Å²) in [6.45, 7) is 5.03. The van der Waals surface area contributed by atoms with Gasteiger partial charge in [0, 0.05) is 19.6 Å². The van der Waals surface area contributed by atoms with Gasteiger partial charge in [-0.2, -0.15) is 4.74 Å². The van der Waals surface area contributed by atoms with Crippen molar-refractivity contribution in [2.75, 3.05) is 20.3 Å². The summed E-state index contributed by atoms with van der Waals surface area (Å²) in [5.41, 5.74) is 1.64. The molecule has 0 saturated heterocycles. The summed E-state index contributed by atoms with van der Waals surface area (Å²) in [5.74, 6) is 0. The molecule has 1 atom stereocenters. The molecule has 4 nitrogen and oxygen atoms in total. The second kappa shape index (κ2) is 6.87. The quantitative estimate of drug-likeness (QED) is 0.459. The standard InChI is InChI=1S/C17H23NO3/c1-17(2)13-15(10-9-14-7-5-4-6-8-14)18(19)16(17)21-12-11-20-3/h4-10,16H,11-13H2,1-3H3/b10-9+. The fraction of sp³-hybridized carbons (Fsp3) is 0.471. The second-order valence-corrected chi connectivity index (χ2v) is 5.94. The molecule has 0 spiro atoms. The molecule has 1 aliphatic heterocycles. The Bertz CT molecular complexity index is 520. The minimum Gasteiger partial charge on any atom is -0.622 e. The Balaban J connectivity index is 2.10. The molecule has 0 N–H and O–H groups in total. The molecule has 0 amide bonds. The van der Waals surface area contributed by atoms with Crippen LogP contribution in [0.25, 0.3) is 6.08 Å². The summed E-state index contributed by atoms with van der Waals surface area (Å²) >= 11 is 0. The van der Waals surface area contributed by atoms with Crippen LogP contribution in [-0.2, 0) is 9.47 Å². The van der Waals surface area contributed by atoms with Crippen LogP contribution in [0.5, 0.6) is 0 Å². The van der Waals surface area contributed by atoms with E-state index in [2.05, 4.69) is 13.8 Å². The molecule has 1 aliphatic rings. The van der Waals surface area contributed by atoms with Crippen molar-refractivity contribution in [2.24, 2.45) is 5.41 Å². The van der Waals surface area contributed by atoms with Crippen LogP contribution in [0, 0.1) is 10.6 Å². The smallest absolute Gasteiger partial charge is 0.273 e. The molecule has 4 heteroatoms. The first-order valence-corrected chi connectivity index (χ1v) is 7.20. The predicted octanol–water partition coefficient (Wildman–Crippen LogP) is 3.07. The summed E-state index contributed by atoms with van der Waals surface area (Å²) in [6.07, 6.45) is 4.11. The number of ether oxygens (including phenoxy) is 2. The van der Waals surface area contributed by atoms with Gasteiger partial charge in [0.05, 0.1) is 18.6 Å². The Hall–Kier alpha value is -1.65. The Morgan fingerprint density at radius 3 is 2.62 bits per heavy atom. The van der Waals surface area contributed by atoms with Crippen LogP contribution in [0.15, 0.2) is 36.4 Å². The third-order valence-corrected chi connectivity index (χ3v) is 3.63. The van der Waals surface area contributed by atoms with Crippen molar-refractivity contribution in [1.29, 1.82) is 0 Å². The highest BCUT2D eigenvalue weighted by Gasteiger charge is 2.45. The molecule has 1 aromatic rings. The first-order valence-electron chi connectivity index (χ1n) is 7.20. The number of methoxy groups -OCH3 is 1. The van der Waals surface area contributed by atoms with Gasteiger partial charge in [0.2, 0.25) is 0 Å². The largest absolute Gasteiger partial charge is 0.622 e. The number of hydrogen-bond donors (Lipinski definition) is 0. The normalized spacial score (nSPS) is 21.4. The van der Waals surface area contributed by atoms with E-state index < -0.39 is 6.23 Å². The lowest BCUT2D eigenvalue weighted by Crippen LogP contribution is -2.34. The summed E-state index contributed by atoms with van der Waals surface area (Å²) < 4.78 is 11.7. The van der Waals surface area contributed by atoms with Crippen molar-refractivity contribution in [3.8, 4) is 0 Å². The average molecular weight is 289 g/mol. The first-order chi connectivity index (χ1) is 10.0. The first kappa shape index (κ1) is 15.7. The summed E-state index contributed by atoms with van der Waals surface area (Å²) in [7, 11) is 1.62. The SMILES string of the molecule is COCCOC1[N+]([O-])=C(/C=C/c2ccccc2)CC1(C)C. The van der Waals surface area contributed by atoms with Crippen LogP contribution in [0.3, 0.4) is 0 Å². The molecule has 0 radical (unpaired) electrons. The van der Waals surface area contributed by atoms with Crippen molar-refractivity contribution in [2.45, 2.75) is 26.5 Å². The van der Waals surface area contributed by atoms with E-state index in [9.17, 15) is 5.21 Å². The van der Waals surface area contributed by atoms with Crippen LogP contribution >= 0.6 is 0 Å². The van der Waals surface area contributed by atoms with Gasteiger partial charge in [0.25, 0.3) is 6.23 Å². The van der Waals surface area contributed by atoms with Gasteiger partial charge < -0.3 is 14.7 Å². The lowest BCUT2D eigenvalue weighted by molar-refractivity contribution is -0.564. The highest BCUT2D eigenvalue weighted by Crippen LogP contribution is 2.34. The van der Waals surface area contributed by atoms with Crippen molar-refractivity contribution in [1.82, 2.24) is 0 Å². The maximum Gasteiger partial charge on any atom is 0.273 e. The van der Waals surface area contributed by atoms with E-state index in [-0.39, 0.29) is 5.41 Å². The number of allylic oxidation sites excluding steroid dienone is 1. The number of hydrogen-bond acceptors (Lipinski definition) is 3. The zero-order valence-electron chi connectivity index (χ0n) is 12.9. The Morgan fingerprint density at radius 1 is 1.24 bits per heavy atom. The molecular weight excluding hydrogens is 266 g/mol. The van der Waals surface area contributed by atoms with Crippen LogP contribution in [-0.4, -0.2) is 37.0 Å². The minimum absolute atomic E-state index is 0.203. The molecule has 114 valence electrons. The molecule has 1 heterocycles. The van der Waals surface area contributed by atoms with E-state index >= 15 is 0 Å². The van der Waals surface area contributed by atoms with Gasteiger partial charge in [-0.3, -0.25) is 0 Å². The molecule has 0 aromatic heterocycles. The lowest BCUT2D eigenvalue weighted by Gasteiger charge is -2.23. The molecule has 0 fully saturated rings. The van der Waals surface area contributed by atoms with Crippen molar-refractivity contribution in [3.05, 3.63) is 47.2 Å². The van der Waals surface area contributed by atoms with E-state index in [1.54, 1.807) is 7.11 Å². The number of benzene rings is 1. The molecular formula is C17H23NO3. The third-order valence-electron chi connectivity index (χ3n) is 3.63. The van der Waals surface area contributed by atoms with Gasteiger partial charge in [0.1, 0.15) is 0 Å². The maximum absolute atomic E-state index is 12.4. The van der Waals surface area contributed by atoms with E-state index in [0.29, 0.717) is 19.6 Å². The minimum atomic E-state index is -0.455. The fourth-order valence-corrected chi connectivity index (χ4v) is 2.53. The molecule has 1 unspecified atom stereocenters. The van der Waals surface area contributed by atoms with E-state index in [0.717, 1.165) is 16.0 Å². The molecule has 0 aliphatic carbocycles. The molecule has 1 aromatic carbocycles. The summed E-state index contributed by atoms with van der Waals surface area (Å²) in [6, 6.07) is 9.96. The number of nitrogens with zero attached hydrogens (tertiary/aromatic N) is 1. The molecule has 0 saturated carbocycles. The van der Waals surface area contributed by atoms with Crippen LogP contribution in [0.2, 0.25) is 0 Å². The van der Waals surface area contributed by atoms with Gasteiger partial charge >= 0.3 is 0 Å². The van der Waals surface area contributed by atoms with Crippen molar-refractivity contribution >= 4 is 11.8 Å². The van der Waals surface area contributed by atoms with Gasteiger partial charge in [0.15, 0.2) is 5.71 Å². The monoisotopic (exact) mass is 289 g/mol. The van der Waals surface area contributed by atoms with Crippen LogP contribution < -0.4 is 0 Å².